The maximum atomic E-state index is 12.5. The first-order chi connectivity index (χ1) is 15.0. The van der Waals surface area contributed by atoms with Gasteiger partial charge < -0.3 is 5.32 Å². The van der Waals surface area contributed by atoms with Crippen LogP contribution >= 0.6 is 23.4 Å². The summed E-state index contributed by atoms with van der Waals surface area (Å²) in [5.41, 5.74) is 4.75. The predicted octanol–water partition coefficient (Wildman–Crippen LogP) is 5.33. The van der Waals surface area contributed by atoms with Crippen molar-refractivity contribution in [2.45, 2.75) is 19.0 Å². The number of aryl methyl sites for hydroxylation is 1. The number of nitrogens with zero attached hydrogens (tertiary/aromatic N) is 4. The number of hydrogen-bond donors (Lipinski definition) is 1. The van der Waals surface area contributed by atoms with Crippen molar-refractivity contribution in [1.82, 2.24) is 19.7 Å². The van der Waals surface area contributed by atoms with Crippen molar-refractivity contribution >= 4 is 35.0 Å². The summed E-state index contributed by atoms with van der Waals surface area (Å²) in [6, 6.07) is 17.0. The maximum Gasteiger partial charge on any atom is 0.234 e. The van der Waals surface area contributed by atoms with Crippen LogP contribution in [0.25, 0.3) is 17.1 Å². The van der Waals surface area contributed by atoms with E-state index in [2.05, 4.69) is 40.4 Å². The molecule has 2 heterocycles. The lowest BCUT2D eigenvalue weighted by atomic mass is 10.1. The number of carbonyl (C=O) groups is 1. The van der Waals surface area contributed by atoms with Gasteiger partial charge in [0.15, 0.2) is 11.0 Å². The molecule has 0 radical (unpaired) electrons. The van der Waals surface area contributed by atoms with Gasteiger partial charge in [-0.2, -0.15) is 0 Å². The summed E-state index contributed by atoms with van der Waals surface area (Å²) < 4.78 is 1.99. The fourth-order valence-electron chi connectivity index (χ4n) is 3.13. The highest BCUT2D eigenvalue weighted by Crippen LogP contribution is 2.30. The van der Waals surface area contributed by atoms with Gasteiger partial charge in [0, 0.05) is 18.0 Å². The number of benzene rings is 2. The van der Waals surface area contributed by atoms with E-state index in [0.717, 1.165) is 16.8 Å². The number of para-hydroxylation sites is 1. The second kappa shape index (κ2) is 9.32. The van der Waals surface area contributed by atoms with Gasteiger partial charge in [0.25, 0.3) is 0 Å². The standard InChI is InChI=1S/C23H20ClN5OS/c1-15-6-5-9-20(16(15)2)29-22(17-10-12-25-13-11-17)27-28-23(29)31-14-21(30)26-19-8-4-3-7-18(19)24/h3-13H,14H2,1-2H3,(H,26,30). The average molecular weight is 450 g/mol. The molecule has 2 aromatic carbocycles. The first-order valence-corrected chi connectivity index (χ1v) is 11.0. The lowest BCUT2D eigenvalue weighted by Crippen LogP contribution is -2.15. The molecule has 1 amide bonds. The van der Waals surface area contributed by atoms with Crippen LogP contribution in [0.4, 0.5) is 5.69 Å². The van der Waals surface area contributed by atoms with Gasteiger partial charge in [0.2, 0.25) is 5.91 Å². The smallest absolute Gasteiger partial charge is 0.234 e. The van der Waals surface area contributed by atoms with E-state index < -0.39 is 0 Å². The lowest BCUT2D eigenvalue weighted by molar-refractivity contribution is -0.113. The van der Waals surface area contributed by atoms with Crippen LogP contribution in [0.1, 0.15) is 11.1 Å². The highest BCUT2D eigenvalue weighted by molar-refractivity contribution is 7.99. The number of halogens is 1. The molecule has 0 bridgehead atoms. The van der Waals surface area contributed by atoms with Gasteiger partial charge in [-0.25, -0.2) is 0 Å². The molecular formula is C23H20ClN5OS. The van der Waals surface area contributed by atoms with E-state index in [1.165, 1.54) is 17.3 Å². The Labute approximate surface area is 189 Å². The summed E-state index contributed by atoms with van der Waals surface area (Å²) in [6.45, 7) is 4.14. The van der Waals surface area contributed by atoms with E-state index in [-0.39, 0.29) is 11.7 Å². The fraction of sp³-hybridized carbons (Fsp3) is 0.130. The van der Waals surface area contributed by atoms with E-state index in [1.54, 1.807) is 24.5 Å². The molecule has 0 aliphatic carbocycles. The Morgan fingerprint density at radius 1 is 1.03 bits per heavy atom. The minimum Gasteiger partial charge on any atom is -0.324 e. The van der Waals surface area contributed by atoms with Gasteiger partial charge >= 0.3 is 0 Å². The van der Waals surface area contributed by atoms with Crippen molar-refractivity contribution in [2.24, 2.45) is 0 Å². The summed E-state index contributed by atoms with van der Waals surface area (Å²) in [7, 11) is 0. The van der Waals surface area contributed by atoms with Gasteiger partial charge in [0.1, 0.15) is 0 Å². The largest absolute Gasteiger partial charge is 0.324 e. The molecule has 0 fully saturated rings. The number of carbonyl (C=O) groups excluding carboxylic acids is 1. The zero-order valence-corrected chi connectivity index (χ0v) is 18.6. The third-order valence-electron chi connectivity index (χ3n) is 4.87. The Balaban J connectivity index is 1.65. The molecule has 0 saturated carbocycles. The minimum atomic E-state index is -0.168. The molecule has 4 rings (SSSR count). The normalized spacial score (nSPS) is 10.8. The predicted molar refractivity (Wildman–Crippen MR) is 125 cm³/mol. The van der Waals surface area contributed by atoms with Crippen LogP contribution < -0.4 is 5.32 Å². The molecule has 4 aromatic rings. The Kier molecular flexibility index (Phi) is 6.34. The topological polar surface area (TPSA) is 72.7 Å². The fourth-order valence-corrected chi connectivity index (χ4v) is 4.05. The number of hydrogen-bond acceptors (Lipinski definition) is 5. The van der Waals surface area contributed by atoms with E-state index in [4.69, 9.17) is 11.6 Å². The summed E-state index contributed by atoms with van der Waals surface area (Å²) in [4.78, 5) is 16.6. The van der Waals surface area contributed by atoms with Gasteiger partial charge in [0.05, 0.1) is 22.2 Å². The van der Waals surface area contributed by atoms with Gasteiger partial charge in [-0.05, 0) is 55.3 Å². The first kappa shape index (κ1) is 21.1. The zero-order valence-electron chi connectivity index (χ0n) is 17.0. The van der Waals surface area contributed by atoms with Crippen LogP contribution in [0.5, 0.6) is 0 Å². The maximum absolute atomic E-state index is 12.5. The molecule has 8 heteroatoms. The number of thioether (sulfide) groups is 1. The number of amides is 1. The number of rotatable bonds is 6. The van der Waals surface area contributed by atoms with Crippen molar-refractivity contribution < 1.29 is 4.79 Å². The molecule has 0 saturated heterocycles. The molecule has 2 aromatic heterocycles. The molecule has 0 spiro atoms. The van der Waals surface area contributed by atoms with Crippen molar-refractivity contribution in [1.29, 1.82) is 0 Å². The van der Waals surface area contributed by atoms with Crippen LogP contribution in [-0.4, -0.2) is 31.4 Å². The summed E-state index contributed by atoms with van der Waals surface area (Å²) in [5.74, 6) is 0.703. The number of nitrogens with one attached hydrogen (secondary N) is 1. The molecule has 156 valence electrons. The third kappa shape index (κ3) is 4.62. The number of anilines is 1. The monoisotopic (exact) mass is 449 g/mol. The van der Waals surface area contributed by atoms with Crippen molar-refractivity contribution in [2.75, 3.05) is 11.1 Å². The number of aromatic nitrogens is 4. The molecular weight excluding hydrogens is 430 g/mol. The highest BCUT2D eigenvalue weighted by atomic mass is 35.5. The second-order valence-corrected chi connectivity index (χ2v) is 8.26. The molecule has 6 nitrogen and oxygen atoms in total. The Hall–Kier alpha value is -3.16. The minimum absolute atomic E-state index is 0.168. The van der Waals surface area contributed by atoms with Crippen molar-refractivity contribution in [3.8, 4) is 17.1 Å². The van der Waals surface area contributed by atoms with Gasteiger partial charge in [-0.3, -0.25) is 14.3 Å². The van der Waals surface area contributed by atoms with E-state index >= 15 is 0 Å². The Morgan fingerprint density at radius 2 is 1.81 bits per heavy atom. The van der Waals surface area contributed by atoms with Crippen LogP contribution in [0.15, 0.2) is 72.1 Å². The zero-order chi connectivity index (χ0) is 21.8. The van der Waals surface area contributed by atoms with Crippen molar-refractivity contribution in [3.63, 3.8) is 0 Å². The van der Waals surface area contributed by atoms with Crippen LogP contribution in [0.3, 0.4) is 0 Å². The molecule has 0 unspecified atom stereocenters. The molecule has 0 atom stereocenters. The van der Waals surface area contributed by atoms with Gasteiger partial charge in [-0.15, -0.1) is 10.2 Å². The molecule has 31 heavy (non-hydrogen) atoms. The average Bonchev–Trinajstić information content (AvgIpc) is 3.20. The Morgan fingerprint density at radius 3 is 2.58 bits per heavy atom. The summed E-state index contributed by atoms with van der Waals surface area (Å²) in [6.07, 6.45) is 3.45. The van der Waals surface area contributed by atoms with Crippen LogP contribution in [0.2, 0.25) is 5.02 Å². The molecule has 0 aliphatic heterocycles. The quantitative estimate of drug-likeness (QED) is 0.403. The summed E-state index contributed by atoms with van der Waals surface area (Å²) >= 11 is 7.46. The summed E-state index contributed by atoms with van der Waals surface area (Å²) in [5, 5.41) is 12.8. The molecule has 0 aliphatic rings. The third-order valence-corrected chi connectivity index (χ3v) is 6.13. The van der Waals surface area contributed by atoms with E-state index in [0.29, 0.717) is 21.7 Å². The van der Waals surface area contributed by atoms with E-state index in [9.17, 15) is 4.79 Å². The lowest BCUT2D eigenvalue weighted by Gasteiger charge is -2.14. The second-order valence-electron chi connectivity index (χ2n) is 6.91. The van der Waals surface area contributed by atoms with Crippen LogP contribution in [0, 0.1) is 13.8 Å². The first-order valence-electron chi connectivity index (χ1n) is 9.64. The number of pyridine rings is 1. The van der Waals surface area contributed by atoms with Gasteiger partial charge in [-0.1, -0.05) is 47.6 Å². The molecule has 1 N–H and O–H groups in total. The van der Waals surface area contributed by atoms with Crippen molar-refractivity contribution in [3.05, 3.63) is 83.1 Å². The highest BCUT2D eigenvalue weighted by Gasteiger charge is 2.19. The van der Waals surface area contributed by atoms with E-state index in [1.807, 2.05) is 41.0 Å². The van der Waals surface area contributed by atoms with Crippen LogP contribution in [-0.2, 0) is 4.79 Å². The SMILES string of the molecule is Cc1cccc(-n2c(SCC(=O)Nc3ccccc3Cl)nnc2-c2ccncc2)c1C. The Bertz CT molecular complexity index is 1230.